The molecular formula is C19H24ClN5OS. The lowest BCUT2D eigenvalue weighted by Gasteiger charge is -2.34. The first-order valence-corrected chi connectivity index (χ1v) is 10.6. The third-order valence-corrected chi connectivity index (χ3v) is 5.62. The number of thioether (sulfide) groups is 1. The summed E-state index contributed by atoms with van der Waals surface area (Å²) in [6.07, 6.45) is 6.44. The molecule has 0 radical (unpaired) electrons. The maximum atomic E-state index is 12.3. The number of rotatable bonds is 7. The molecule has 1 amide bonds. The average molecular weight is 406 g/mol. The van der Waals surface area contributed by atoms with Gasteiger partial charge in [0.05, 0.1) is 10.6 Å². The fourth-order valence-corrected chi connectivity index (χ4v) is 3.67. The number of piperazine rings is 1. The van der Waals surface area contributed by atoms with E-state index in [-0.39, 0.29) is 5.91 Å². The number of anilines is 1. The van der Waals surface area contributed by atoms with Gasteiger partial charge in [0.1, 0.15) is 0 Å². The Balaban J connectivity index is 1.38. The van der Waals surface area contributed by atoms with Crippen molar-refractivity contribution in [2.75, 3.05) is 50.4 Å². The second kappa shape index (κ2) is 9.92. The number of nitrogens with one attached hydrogen (secondary N) is 1. The summed E-state index contributed by atoms with van der Waals surface area (Å²) in [4.78, 5) is 26.6. The van der Waals surface area contributed by atoms with Crippen LogP contribution in [0.1, 0.15) is 16.8 Å². The van der Waals surface area contributed by atoms with Crippen LogP contribution >= 0.6 is 23.4 Å². The monoisotopic (exact) mass is 405 g/mol. The van der Waals surface area contributed by atoms with E-state index in [1.807, 2.05) is 24.5 Å². The SMILES string of the molecule is CSc1ccc(Cl)c(C(=O)NCCCN2CCN(c3ncccn3)CC2)c1. The number of benzene rings is 1. The summed E-state index contributed by atoms with van der Waals surface area (Å²) in [6, 6.07) is 7.37. The first-order chi connectivity index (χ1) is 13.2. The Labute approximate surface area is 169 Å². The Morgan fingerprint density at radius 2 is 1.96 bits per heavy atom. The zero-order valence-corrected chi connectivity index (χ0v) is 17.0. The van der Waals surface area contributed by atoms with Crippen molar-refractivity contribution in [3.05, 3.63) is 47.2 Å². The lowest BCUT2D eigenvalue weighted by Crippen LogP contribution is -2.47. The Bertz CT molecular complexity index is 753. The molecule has 1 aliphatic rings. The van der Waals surface area contributed by atoms with Crippen molar-refractivity contribution >= 4 is 35.2 Å². The van der Waals surface area contributed by atoms with Crippen LogP contribution in [0.5, 0.6) is 0 Å². The number of carbonyl (C=O) groups excluding carboxylic acids is 1. The topological polar surface area (TPSA) is 61.4 Å². The van der Waals surface area contributed by atoms with Gasteiger partial charge in [0.2, 0.25) is 5.95 Å². The molecule has 0 unspecified atom stereocenters. The molecule has 3 rings (SSSR count). The van der Waals surface area contributed by atoms with E-state index in [0.29, 0.717) is 17.1 Å². The fourth-order valence-electron chi connectivity index (χ4n) is 3.03. The van der Waals surface area contributed by atoms with E-state index in [1.165, 1.54) is 0 Å². The van der Waals surface area contributed by atoms with E-state index in [2.05, 4.69) is 25.1 Å². The molecule has 1 fully saturated rings. The molecule has 6 nitrogen and oxygen atoms in total. The largest absolute Gasteiger partial charge is 0.352 e. The minimum atomic E-state index is -0.109. The highest BCUT2D eigenvalue weighted by Gasteiger charge is 2.18. The smallest absolute Gasteiger partial charge is 0.252 e. The Morgan fingerprint density at radius 1 is 1.22 bits per heavy atom. The van der Waals surface area contributed by atoms with Crippen molar-refractivity contribution in [2.45, 2.75) is 11.3 Å². The van der Waals surface area contributed by atoms with Gasteiger partial charge < -0.3 is 10.2 Å². The number of hydrogen-bond donors (Lipinski definition) is 1. The zero-order chi connectivity index (χ0) is 19.1. The van der Waals surface area contributed by atoms with E-state index < -0.39 is 0 Å². The maximum Gasteiger partial charge on any atom is 0.252 e. The highest BCUT2D eigenvalue weighted by molar-refractivity contribution is 7.98. The molecule has 1 N–H and O–H groups in total. The number of amides is 1. The molecular weight excluding hydrogens is 382 g/mol. The molecule has 0 saturated carbocycles. The summed E-state index contributed by atoms with van der Waals surface area (Å²) in [6.45, 7) is 5.41. The summed E-state index contributed by atoms with van der Waals surface area (Å²) >= 11 is 7.75. The van der Waals surface area contributed by atoms with Crippen LogP contribution < -0.4 is 10.2 Å². The molecule has 8 heteroatoms. The third-order valence-electron chi connectivity index (χ3n) is 4.56. The van der Waals surface area contributed by atoms with Crippen LogP contribution in [0, 0.1) is 0 Å². The van der Waals surface area contributed by atoms with Crippen LogP contribution in [0.15, 0.2) is 41.6 Å². The second-order valence-electron chi connectivity index (χ2n) is 6.33. The van der Waals surface area contributed by atoms with Gasteiger partial charge in [0.15, 0.2) is 0 Å². The van der Waals surface area contributed by atoms with Gasteiger partial charge in [-0.1, -0.05) is 11.6 Å². The summed E-state index contributed by atoms with van der Waals surface area (Å²) in [5.41, 5.74) is 0.542. The number of hydrogen-bond acceptors (Lipinski definition) is 6. The normalized spacial score (nSPS) is 15.0. The third kappa shape index (κ3) is 5.57. The van der Waals surface area contributed by atoms with Crippen LogP contribution in [-0.4, -0.2) is 66.3 Å². The van der Waals surface area contributed by atoms with Crippen LogP contribution in [0.3, 0.4) is 0 Å². The van der Waals surface area contributed by atoms with E-state index in [0.717, 1.165) is 50.0 Å². The number of carbonyl (C=O) groups is 1. The van der Waals surface area contributed by atoms with Crippen LogP contribution in [0.25, 0.3) is 0 Å². The maximum absolute atomic E-state index is 12.3. The van der Waals surface area contributed by atoms with E-state index >= 15 is 0 Å². The standard InChI is InChI=1S/C19H24ClN5OS/c1-27-15-4-5-17(20)16(14-15)18(26)21-8-3-9-24-10-12-25(13-11-24)19-22-6-2-7-23-19/h2,4-7,14H,3,8-13H2,1H3,(H,21,26). The van der Waals surface area contributed by atoms with Gasteiger partial charge in [-0.25, -0.2) is 9.97 Å². The number of aromatic nitrogens is 2. The average Bonchev–Trinajstić information content (AvgIpc) is 2.72. The summed E-state index contributed by atoms with van der Waals surface area (Å²) < 4.78 is 0. The van der Waals surface area contributed by atoms with Crippen molar-refractivity contribution in [2.24, 2.45) is 0 Å². The van der Waals surface area contributed by atoms with E-state index in [1.54, 1.807) is 30.2 Å². The molecule has 0 spiro atoms. The Hall–Kier alpha value is -1.83. The lowest BCUT2D eigenvalue weighted by atomic mass is 10.2. The summed E-state index contributed by atoms with van der Waals surface area (Å²) in [5.74, 6) is 0.690. The lowest BCUT2D eigenvalue weighted by molar-refractivity contribution is 0.0951. The number of nitrogens with zero attached hydrogens (tertiary/aromatic N) is 4. The second-order valence-corrected chi connectivity index (χ2v) is 7.62. The Morgan fingerprint density at radius 3 is 2.67 bits per heavy atom. The fraction of sp³-hybridized carbons (Fsp3) is 0.421. The summed E-state index contributed by atoms with van der Waals surface area (Å²) in [7, 11) is 0. The van der Waals surface area contributed by atoms with Gasteiger partial charge in [-0.15, -0.1) is 11.8 Å². The van der Waals surface area contributed by atoms with Gasteiger partial charge in [-0.2, -0.15) is 0 Å². The molecule has 0 atom stereocenters. The van der Waals surface area contributed by atoms with Gasteiger partial charge in [0.25, 0.3) is 5.91 Å². The molecule has 0 bridgehead atoms. The van der Waals surface area contributed by atoms with Crippen LogP contribution in [0.2, 0.25) is 5.02 Å². The molecule has 2 heterocycles. The molecule has 27 heavy (non-hydrogen) atoms. The van der Waals surface area contributed by atoms with Gasteiger partial charge >= 0.3 is 0 Å². The molecule has 1 aromatic carbocycles. The van der Waals surface area contributed by atoms with Gasteiger partial charge in [-0.05, 0) is 43.5 Å². The zero-order valence-electron chi connectivity index (χ0n) is 15.4. The van der Waals surface area contributed by atoms with Crippen molar-refractivity contribution in [3.8, 4) is 0 Å². The molecule has 1 aromatic heterocycles. The molecule has 2 aromatic rings. The van der Waals surface area contributed by atoms with Gasteiger partial charge in [0, 0.05) is 50.0 Å². The highest BCUT2D eigenvalue weighted by atomic mass is 35.5. The van der Waals surface area contributed by atoms with Crippen molar-refractivity contribution in [1.29, 1.82) is 0 Å². The predicted molar refractivity (Wildman–Crippen MR) is 111 cm³/mol. The predicted octanol–water partition coefficient (Wildman–Crippen LogP) is 2.79. The van der Waals surface area contributed by atoms with E-state index in [4.69, 9.17) is 11.6 Å². The number of halogens is 1. The minimum absolute atomic E-state index is 0.109. The first-order valence-electron chi connectivity index (χ1n) is 9.03. The molecule has 0 aliphatic carbocycles. The highest BCUT2D eigenvalue weighted by Crippen LogP contribution is 2.22. The molecule has 144 valence electrons. The van der Waals surface area contributed by atoms with Crippen molar-refractivity contribution in [1.82, 2.24) is 20.2 Å². The molecule has 1 aliphatic heterocycles. The van der Waals surface area contributed by atoms with Crippen molar-refractivity contribution in [3.63, 3.8) is 0 Å². The quantitative estimate of drug-likeness (QED) is 0.564. The Kier molecular flexibility index (Phi) is 7.32. The summed E-state index contributed by atoms with van der Waals surface area (Å²) in [5, 5.41) is 3.47. The van der Waals surface area contributed by atoms with E-state index in [9.17, 15) is 4.79 Å². The van der Waals surface area contributed by atoms with Gasteiger partial charge in [-0.3, -0.25) is 9.69 Å². The molecule has 1 saturated heterocycles. The minimum Gasteiger partial charge on any atom is -0.352 e. The van der Waals surface area contributed by atoms with Crippen molar-refractivity contribution < 1.29 is 4.79 Å². The van der Waals surface area contributed by atoms with Crippen LogP contribution in [0.4, 0.5) is 5.95 Å². The first kappa shape index (κ1) is 19.9. The van der Waals surface area contributed by atoms with Crippen LogP contribution in [-0.2, 0) is 0 Å².